The highest BCUT2D eigenvalue weighted by Crippen LogP contribution is 2.42. The van der Waals surface area contributed by atoms with Gasteiger partial charge in [-0.1, -0.05) is 24.0 Å². The zero-order valence-corrected chi connectivity index (χ0v) is 44.6. The normalized spacial score (nSPS) is 17.1. The van der Waals surface area contributed by atoms with Crippen LogP contribution in [-0.2, 0) is 27.3 Å². The number of hydrazine groups is 1. The molecule has 0 radical (unpaired) electrons. The first-order valence-electron chi connectivity index (χ1n) is 24.9. The van der Waals surface area contributed by atoms with E-state index in [4.69, 9.17) is 0 Å². The number of carbonyl (C=O) groups is 5. The third kappa shape index (κ3) is 14.7. The molecule has 4 heterocycles. The van der Waals surface area contributed by atoms with Gasteiger partial charge in [-0.3, -0.25) is 15.0 Å². The molecule has 6 amide bonds. The zero-order chi connectivity index (χ0) is 60.1. The van der Waals surface area contributed by atoms with Gasteiger partial charge in [-0.05, 0) is 94.5 Å². The van der Waals surface area contributed by atoms with Crippen molar-refractivity contribution in [2.45, 2.75) is 109 Å². The average Bonchev–Trinajstić information content (AvgIpc) is 4.05. The van der Waals surface area contributed by atoms with Crippen molar-refractivity contribution in [3.63, 3.8) is 0 Å². The number of aliphatic hydroxyl groups excluding tert-OH is 1. The summed E-state index contributed by atoms with van der Waals surface area (Å²) in [6.07, 6.45) is -11.9. The summed E-state index contributed by atoms with van der Waals surface area (Å²) in [6.45, 7) is -2.22. The van der Waals surface area contributed by atoms with Crippen molar-refractivity contribution in [2.75, 3.05) is 45.7 Å². The Kier molecular flexibility index (Phi) is 19.1. The number of amides is 6. The summed E-state index contributed by atoms with van der Waals surface area (Å²) in [6, 6.07) is 3.83. The number of fused-ring (bicyclic) bond motifs is 2. The van der Waals surface area contributed by atoms with E-state index in [0.29, 0.717) is 74.9 Å². The molecule has 2 aromatic carbocycles. The number of alkyl halides is 8. The van der Waals surface area contributed by atoms with Gasteiger partial charge in [0.1, 0.15) is 29.5 Å². The Bertz CT molecular complexity index is 2950. The number of carbonyl (C=O) groups excluding carboxylic acids is 4. The number of benzene rings is 2. The molecule has 2 aromatic heterocycles. The van der Waals surface area contributed by atoms with Gasteiger partial charge < -0.3 is 45.6 Å². The highest BCUT2D eigenvalue weighted by molar-refractivity contribution is 5.87. The minimum Gasteiger partial charge on any atom is -0.465 e. The van der Waals surface area contributed by atoms with Crippen molar-refractivity contribution >= 4 is 35.8 Å². The van der Waals surface area contributed by atoms with Crippen molar-refractivity contribution in [3.8, 4) is 23.0 Å². The summed E-state index contributed by atoms with van der Waals surface area (Å²) in [5.74, 6) is 0.409. The van der Waals surface area contributed by atoms with Crippen molar-refractivity contribution in [3.05, 3.63) is 101 Å². The standard InChI is InChI=1S/C52H59F10N11O8/c1-49(2,51(57,58)59)41(67-47(79)81-7)43(75)65-38(18-29-11-8-28(9-12-29)10-13-30-14-17-40(63-21-30)70-24-33-15-16-34(25-70)73(33)48(80)69(5)6)39(74)27-71(68-44(76)42(66-46(77)78)50(3,4)52(60,61)62)26-35-36(53)19-31(20-37(35)54)32-22-64-72(23-32)45(55)56/h8-9,11-12,14,17,19-23,33-34,38-39,41-42,45,66,74H,15-16,18,24-27H2,1-7H3,(H,65,75)(H,67,79)(H,68,76)(H,77,78)/t33?,34?,38-,39-,41+,42+/m0/s1. The number of urea groups is 1. The van der Waals surface area contributed by atoms with E-state index in [-0.39, 0.29) is 39.5 Å². The number of rotatable bonds is 18. The second-order valence-corrected chi connectivity index (χ2v) is 20.8. The number of nitrogens with one attached hydrogen (secondary N) is 4. The monoisotopic (exact) mass is 1160 g/mol. The number of nitrogens with zero attached hydrogens (tertiary/aromatic N) is 7. The first-order chi connectivity index (χ1) is 37.7. The van der Waals surface area contributed by atoms with Gasteiger partial charge in [-0.25, -0.2) is 37.8 Å². The Balaban J connectivity index is 1.32. The number of piperazine rings is 1. The highest BCUT2D eigenvalue weighted by atomic mass is 19.4. The Morgan fingerprint density at radius 3 is 1.84 bits per heavy atom. The Hall–Kier alpha value is -7.87. The number of aromatic nitrogens is 3. The van der Waals surface area contributed by atoms with Crippen molar-refractivity contribution < 1.29 is 82.8 Å². The van der Waals surface area contributed by atoms with Gasteiger partial charge in [0.25, 0.3) is 5.91 Å². The molecule has 0 saturated carbocycles. The van der Waals surface area contributed by atoms with Crippen LogP contribution >= 0.6 is 0 Å². The maximum atomic E-state index is 16.0. The van der Waals surface area contributed by atoms with Crippen molar-refractivity contribution in [2.24, 2.45) is 10.8 Å². The van der Waals surface area contributed by atoms with E-state index in [1.54, 1.807) is 37.3 Å². The molecule has 29 heteroatoms. The topological polar surface area (TPSA) is 227 Å². The first-order valence-corrected chi connectivity index (χ1v) is 24.9. The molecule has 2 aliphatic rings. The van der Waals surface area contributed by atoms with Crippen LogP contribution in [0, 0.1) is 34.3 Å². The zero-order valence-electron chi connectivity index (χ0n) is 44.6. The maximum Gasteiger partial charge on any atom is 0.407 e. The summed E-state index contributed by atoms with van der Waals surface area (Å²) < 4.78 is 150. The van der Waals surface area contributed by atoms with Gasteiger partial charge in [0.05, 0.1) is 48.4 Å². The fourth-order valence-corrected chi connectivity index (χ4v) is 9.16. The summed E-state index contributed by atoms with van der Waals surface area (Å²) in [7, 11) is 4.22. The van der Waals surface area contributed by atoms with Gasteiger partial charge in [-0.2, -0.15) is 40.2 Å². The summed E-state index contributed by atoms with van der Waals surface area (Å²) in [5, 5.41) is 30.9. The van der Waals surface area contributed by atoms with Crippen LogP contribution in [-0.4, -0.2) is 159 Å². The van der Waals surface area contributed by atoms with Gasteiger partial charge in [0, 0.05) is 74.9 Å². The Morgan fingerprint density at radius 2 is 1.35 bits per heavy atom. The molecule has 2 bridgehead atoms. The third-order valence-electron chi connectivity index (χ3n) is 14.2. The quantitative estimate of drug-likeness (QED) is 0.0343. The predicted octanol–water partition coefficient (Wildman–Crippen LogP) is 6.81. The van der Waals surface area contributed by atoms with Crippen LogP contribution in [0.2, 0.25) is 0 Å². The van der Waals surface area contributed by atoms with Crippen molar-refractivity contribution in [1.29, 1.82) is 0 Å². The van der Waals surface area contributed by atoms with Crippen LogP contribution in [0.15, 0.2) is 67.1 Å². The van der Waals surface area contributed by atoms with E-state index in [0.717, 1.165) is 32.3 Å². The third-order valence-corrected chi connectivity index (χ3v) is 14.2. The van der Waals surface area contributed by atoms with Crippen LogP contribution < -0.4 is 26.3 Å². The van der Waals surface area contributed by atoms with Crippen LogP contribution in [0.5, 0.6) is 0 Å². The molecule has 2 fully saturated rings. The molecule has 19 nitrogen and oxygen atoms in total. The molecule has 2 aliphatic heterocycles. The lowest BCUT2D eigenvalue weighted by Gasteiger charge is -2.42. The number of halogens is 10. The minimum absolute atomic E-state index is 0.0319. The number of alkyl carbamates (subject to hydrolysis) is 1. The molecule has 6 atom stereocenters. The van der Waals surface area contributed by atoms with Crippen LogP contribution in [0.1, 0.15) is 69.3 Å². The van der Waals surface area contributed by atoms with Gasteiger partial charge in [-0.15, -0.1) is 0 Å². The van der Waals surface area contributed by atoms with Crippen molar-refractivity contribution in [1.82, 2.24) is 50.9 Å². The molecule has 6 rings (SSSR count). The first kappa shape index (κ1) is 62.3. The fourth-order valence-electron chi connectivity index (χ4n) is 9.16. The number of ether oxygens (including phenoxy) is 1. The minimum atomic E-state index is -5.29. The highest BCUT2D eigenvalue weighted by Gasteiger charge is 2.57. The number of methoxy groups -OCH3 is 1. The molecule has 0 aliphatic carbocycles. The molecule has 81 heavy (non-hydrogen) atoms. The van der Waals surface area contributed by atoms with Crippen LogP contribution in [0.25, 0.3) is 11.1 Å². The van der Waals surface area contributed by atoms with Crippen LogP contribution in [0.3, 0.4) is 0 Å². The number of anilines is 1. The SMILES string of the molecule is COC(=O)N[C@H](C(=O)N[C@@H](Cc1ccc(C#Cc2ccc(N3CC4CCC(C3)N4C(=O)N(C)C)nc2)cc1)[C@@H](O)CN(Cc1c(F)cc(-c2cnn(C(F)F)c2)cc1F)NC(=O)[C@@H](NC(=O)O)C(C)(C)C(F)(F)F)C(C)(C)C(F)(F)F. The smallest absolute Gasteiger partial charge is 0.407 e. The van der Waals surface area contributed by atoms with Gasteiger partial charge in [0.2, 0.25) is 5.91 Å². The average molecular weight is 1160 g/mol. The van der Waals surface area contributed by atoms with Gasteiger partial charge in [0.15, 0.2) is 0 Å². The molecule has 4 aromatic rings. The summed E-state index contributed by atoms with van der Waals surface area (Å²) in [5.41, 5.74) is -4.63. The summed E-state index contributed by atoms with van der Waals surface area (Å²) in [4.78, 5) is 75.0. The van der Waals surface area contributed by atoms with E-state index in [1.165, 1.54) is 29.6 Å². The molecule has 0 spiro atoms. The van der Waals surface area contributed by atoms with E-state index < -0.39 is 115 Å². The maximum absolute atomic E-state index is 16.0. The fraction of sp³-hybridized carbons (Fsp3) is 0.481. The lowest BCUT2D eigenvalue weighted by Crippen LogP contribution is -2.63. The number of aliphatic hydroxyl groups is 1. The second-order valence-electron chi connectivity index (χ2n) is 20.8. The number of carboxylic acid groups (broad SMARTS) is 1. The molecular formula is C52H59F10N11O8. The van der Waals surface area contributed by atoms with E-state index in [9.17, 15) is 69.3 Å². The van der Waals surface area contributed by atoms with E-state index >= 15 is 8.78 Å². The Labute approximate surface area is 457 Å². The second kappa shape index (κ2) is 24.9. The predicted molar refractivity (Wildman–Crippen MR) is 270 cm³/mol. The molecule has 6 N–H and O–H groups in total. The number of pyridine rings is 1. The summed E-state index contributed by atoms with van der Waals surface area (Å²) >= 11 is 0. The lowest BCUT2D eigenvalue weighted by molar-refractivity contribution is -0.221. The largest absolute Gasteiger partial charge is 0.465 e. The molecular weight excluding hydrogens is 1100 g/mol. The van der Waals surface area contributed by atoms with Crippen LogP contribution in [0.4, 0.5) is 64.1 Å². The molecule has 2 unspecified atom stereocenters. The van der Waals surface area contributed by atoms with E-state index in [1.807, 2.05) is 15.6 Å². The molecule has 440 valence electrons. The van der Waals surface area contributed by atoms with Gasteiger partial charge >= 0.3 is 37.1 Å². The Morgan fingerprint density at radius 1 is 0.790 bits per heavy atom. The lowest BCUT2D eigenvalue weighted by atomic mass is 9.82. The van der Waals surface area contributed by atoms with E-state index in [2.05, 4.69) is 36.9 Å². The number of hydrogen-bond donors (Lipinski definition) is 6. The number of hydrogen-bond acceptors (Lipinski definition) is 11. The molecule has 2 saturated heterocycles.